The molecule has 0 saturated heterocycles. The summed E-state index contributed by atoms with van der Waals surface area (Å²) in [6.45, 7) is 7.93. The summed E-state index contributed by atoms with van der Waals surface area (Å²) in [5, 5.41) is 0. The topological polar surface area (TPSA) is 52.6 Å². The maximum absolute atomic E-state index is 12.4. The van der Waals surface area contributed by atoms with Crippen LogP contribution in [0.15, 0.2) is 60.7 Å². The minimum Gasteiger partial charge on any atom is -0.459 e. The van der Waals surface area contributed by atoms with E-state index in [0.29, 0.717) is 17.5 Å². The molecule has 2 aromatic carbocycles. The molecule has 4 nitrogen and oxygen atoms in total. The average molecular weight is 368 g/mol. The zero-order valence-corrected chi connectivity index (χ0v) is 16.4. The minimum absolute atomic E-state index is 0.0335. The molecule has 0 aliphatic heterocycles. The molecule has 0 radical (unpaired) electrons. The molecule has 0 N–H and O–H groups in total. The zero-order valence-electron chi connectivity index (χ0n) is 16.4. The smallest absolute Gasteiger partial charge is 0.338 e. The number of esters is 2. The summed E-state index contributed by atoms with van der Waals surface area (Å²) < 4.78 is 11.4. The van der Waals surface area contributed by atoms with Gasteiger partial charge in [0, 0.05) is 0 Å². The minimum atomic E-state index is -0.337. The Kier molecular flexibility index (Phi) is 7.59. The van der Waals surface area contributed by atoms with E-state index in [0.717, 1.165) is 0 Å². The highest BCUT2D eigenvalue weighted by Crippen LogP contribution is 2.26. The predicted molar refractivity (Wildman–Crippen MR) is 106 cm³/mol. The van der Waals surface area contributed by atoms with Crippen molar-refractivity contribution in [2.24, 2.45) is 11.8 Å². The summed E-state index contributed by atoms with van der Waals surface area (Å²) in [5.74, 6) is -0.584. The number of benzene rings is 2. The molecule has 0 saturated carbocycles. The third kappa shape index (κ3) is 5.68. The van der Waals surface area contributed by atoms with Gasteiger partial charge in [0.25, 0.3) is 0 Å². The lowest BCUT2D eigenvalue weighted by atomic mass is 9.85. The van der Waals surface area contributed by atoms with E-state index in [9.17, 15) is 9.59 Å². The Hall–Kier alpha value is -2.62. The van der Waals surface area contributed by atoms with Crippen LogP contribution < -0.4 is 0 Å². The molecule has 0 bridgehead atoms. The van der Waals surface area contributed by atoms with Gasteiger partial charge in [0.2, 0.25) is 0 Å². The van der Waals surface area contributed by atoms with E-state index >= 15 is 0 Å². The fourth-order valence-electron chi connectivity index (χ4n) is 3.03. The van der Waals surface area contributed by atoms with E-state index in [1.165, 1.54) is 0 Å². The van der Waals surface area contributed by atoms with E-state index in [2.05, 4.69) is 0 Å². The van der Waals surface area contributed by atoms with Crippen LogP contribution in [0.2, 0.25) is 0 Å². The van der Waals surface area contributed by atoms with E-state index in [-0.39, 0.29) is 36.0 Å². The summed E-state index contributed by atoms with van der Waals surface area (Å²) in [6.07, 6.45) is 0.159. The molecule has 0 aliphatic rings. The molecule has 2 rings (SSSR count). The molecule has 4 atom stereocenters. The van der Waals surface area contributed by atoms with Crippen LogP contribution in [-0.4, -0.2) is 24.1 Å². The van der Waals surface area contributed by atoms with Crippen molar-refractivity contribution >= 4 is 11.9 Å². The Morgan fingerprint density at radius 2 is 1.19 bits per heavy atom. The molecular formula is C23H28O4. The van der Waals surface area contributed by atoms with Crippen LogP contribution in [0.4, 0.5) is 0 Å². The van der Waals surface area contributed by atoms with Crippen molar-refractivity contribution in [1.29, 1.82) is 0 Å². The normalized spacial score (nSPS) is 15.3. The van der Waals surface area contributed by atoms with Crippen molar-refractivity contribution in [3.8, 4) is 0 Å². The van der Waals surface area contributed by atoms with Gasteiger partial charge in [-0.15, -0.1) is 0 Å². The summed E-state index contributed by atoms with van der Waals surface area (Å²) in [7, 11) is 0. The van der Waals surface area contributed by atoms with Crippen LogP contribution in [0.25, 0.3) is 0 Å². The lowest BCUT2D eigenvalue weighted by Crippen LogP contribution is -2.35. The average Bonchev–Trinajstić information content (AvgIpc) is 2.71. The van der Waals surface area contributed by atoms with Crippen molar-refractivity contribution in [1.82, 2.24) is 0 Å². The Morgan fingerprint density at radius 3 is 1.63 bits per heavy atom. The summed E-state index contributed by atoms with van der Waals surface area (Å²) >= 11 is 0. The second kappa shape index (κ2) is 9.91. The Balaban J connectivity index is 1.97. The van der Waals surface area contributed by atoms with Crippen LogP contribution in [0.3, 0.4) is 0 Å². The highest BCUT2D eigenvalue weighted by molar-refractivity contribution is 5.89. The third-order valence-electron chi connectivity index (χ3n) is 5.13. The molecule has 0 fully saturated rings. The van der Waals surface area contributed by atoms with Crippen LogP contribution in [-0.2, 0) is 9.47 Å². The number of hydrogen-bond acceptors (Lipinski definition) is 4. The quantitative estimate of drug-likeness (QED) is 0.606. The van der Waals surface area contributed by atoms with Gasteiger partial charge in [0.05, 0.1) is 11.1 Å². The molecule has 0 aliphatic carbocycles. The molecule has 4 unspecified atom stereocenters. The van der Waals surface area contributed by atoms with Crippen molar-refractivity contribution < 1.29 is 19.1 Å². The van der Waals surface area contributed by atoms with Gasteiger partial charge in [-0.2, -0.15) is 0 Å². The molecule has 4 heteroatoms. The fourth-order valence-corrected chi connectivity index (χ4v) is 3.03. The number of carbonyl (C=O) groups is 2. The van der Waals surface area contributed by atoms with Gasteiger partial charge < -0.3 is 9.47 Å². The third-order valence-corrected chi connectivity index (χ3v) is 5.13. The number of ether oxygens (including phenoxy) is 2. The Bertz CT molecular complexity index is 727. The van der Waals surface area contributed by atoms with Crippen LogP contribution >= 0.6 is 0 Å². The maximum Gasteiger partial charge on any atom is 0.338 e. The highest BCUT2D eigenvalue weighted by atomic mass is 16.5. The van der Waals surface area contributed by atoms with Gasteiger partial charge in [-0.1, -0.05) is 57.2 Å². The zero-order chi connectivity index (χ0) is 19.8. The molecule has 0 amide bonds. The standard InChI is InChI=1S/C23H28O4/c1-5-21(27-23(25)20-14-10-7-11-15-20)17(3)16(2)18(4)26-22(24)19-12-8-6-9-13-19/h6-18,21H,5H2,1-4H3. The van der Waals surface area contributed by atoms with Crippen molar-refractivity contribution in [3.05, 3.63) is 71.8 Å². The predicted octanol–water partition coefficient (Wildman–Crippen LogP) is 5.14. The van der Waals surface area contributed by atoms with Crippen molar-refractivity contribution in [2.45, 2.75) is 46.3 Å². The second-order valence-electron chi connectivity index (χ2n) is 6.91. The first-order valence-electron chi connectivity index (χ1n) is 9.46. The lowest BCUT2D eigenvalue weighted by Gasteiger charge is -2.31. The molecule has 2 aromatic rings. The second-order valence-corrected chi connectivity index (χ2v) is 6.91. The first-order valence-corrected chi connectivity index (χ1v) is 9.46. The van der Waals surface area contributed by atoms with E-state index < -0.39 is 0 Å². The highest BCUT2D eigenvalue weighted by Gasteiger charge is 2.30. The Morgan fingerprint density at radius 1 is 0.741 bits per heavy atom. The lowest BCUT2D eigenvalue weighted by molar-refractivity contribution is -0.0208. The van der Waals surface area contributed by atoms with Gasteiger partial charge in [0.1, 0.15) is 12.2 Å². The number of rotatable bonds is 8. The summed E-state index contributed by atoms with van der Waals surface area (Å²) in [5.41, 5.74) is 1.08. The largest absolute Gasteiger partial charge is 0.459 e. The first-order chi connectivity index (χ1) is 12.9. The molecule has 144 valence electrons. The van der Waals surface area contributed by atoms with Gasteiger partial charge in [0.15, 0.2) is 0 Å². The Labute approximate surface area is 161 Å². The molecule has 0 heterocycles. The van der Waals surface area contributed by atoms with Crippen LogP contribution in [0.5, 0.6) is 0 Å². The van der Waals surface area contributed by atoms with Crippen LogP contribution in [0, 0.1) is 11.8 Å². The molecule has 0 aromatic heterocycles. The van der Waals surface area contributed by atoms with E-state index in [1.807, 2.05) is 64.1 Å². The van der Waals surface area contributed by atoms with Gasteiger partial charge in [-0.3, -0.25) is 0 Å². The molecule has 27 heavy (non-hydrogen) atoms. The SMILES string of the molecule is CCC(OC(=O)c1ccccc1)C(C)C(C)C(C)OC(=O)c1ccccc1. The monoisotopic (exact) mass is 368 g/mol. The fraction of sp³-hybridized carbons (Fsp3) is 0.391. The number of carbonyl (C=O) groups excluding carboxylic acids is 2. The van der Waals surface area contributed by atoms with Crippen molar-refractivity contribution in [2.75, 3.05) is 0 Å². The molecular weight excluding hydrogens is 340 g/mol. The van der Waals surface area contributed by atoms with Crippen LogP contribution in [0.1, 0.15) is 54.8 Å². The first kappa shape index (κ1) is 20.7. The van der Waals surface area contributed by atoms with Gasteiger partial charge in [-0.05, 0) is 49.4 Å². The van der Waals surface area contributed by atoms with E-state index in [4.69, 9.17) is 9.47 Å². The van der Waals surface area contributed by atoms with E-state index in [1.54, 1.807) is 24.3 Å². The maximum atomic E-state index is 12.4. The van der Waals surface area contributed by atoms with Crippen molar-refractivity contribution in [3.63, 3.8) is 0 Å². The van der Waals surface area contributed by atoms with Gasteiger partial charge in [-0.25, -0.2) is 9.59 Å². The summed E-state index contributed by atoms with van der Waals surface area (Å²) in [4.78, 5) is 24.6. The summed E-state index contributed by atoms with van der Waals surface area (Å²) in [6, 6.07) is 17.9. The number of hydrogen-bond donors (Lipinski definition) is 0. The van der Waals surface area contributed by atoms with Gasteiger partial charge >= 0.3 is 11.9 Å². The molecule has 0 spiro atoms.